The molecule has 1 aliphatic heterocycles. The van der Waals surface area contributed by atoms with Crippen LogP contribution in [-0.2, 0) is 10.0 Å². The minimum absolute atomic E-state index is 0.103. The number of hydrogen-bond donors (Lipinski definition) is 2. The number of rotatable bonds is 4. The molecule has 1 aromatic carbocycles. The molecule has 2 rings (SSSR count). The molecule has 0 unspecified atom stereocenters. The summed E-state index contributed by atoms with van der Waals surface area (Å²) in [6, 6.07) is 4.01. The lowest BCUT2D eigenvalue weighted by Crippen LogP contribution is -2.28. The predicted octanol–water partition coefficient (Wildman–Crippen LogP) is 0.303. The number of nitro groups is 1. The minimum Gasteiger partial charge on any atom is -0.365 e. The molecule has 1 aromatic rings. The van der Waals surface area contributed by atoms with Gasteiger partial charge in [-0.1, -0.05) is 0 Å². The molecule has 0 bridgehead atoms. The smallest absolute Gasteiger partial charge is 0.293 e. The highest BCUT2D eigenvalue weighted by Gasteiger charge is 2.24. The molecule has 0 amide bonds. The summed E-state index contributed by atoms with van der Waals surface area (Å²) in [5, 5.41) is 14.5. The second-order valence-electron chi connectivity index (χ2n) is 4.71. The lowest BCUT2D eigenvalue weighted by Gasteiger charge is -2.22. The summed E-state index contributed by atoms with van der Waals surface area (Å²) < 4.78 is 25.7. The van der Waals surface area contributed by atoms with Gasteiger partial charge in [-0.05, 0) is 32.1 Å². The van der Waals surface area contributed by atoms with Gasteiger partial charge in [-0.15, -0.1) is 0 Å². The standard InChI is InChI=1S/C12H18N4O4S/c1-13-21(19,20)10-3-4-11(12(9-10)16(17)18)15-7-2-5-14-6-8-15/h3-4,9,13-14H,2,5-8H2,1H3. The van der Waals surface area contributed by atoms with Crippen LogP contribution in [0.4, 0.5) is 11.4 Å². The van der Waals surface area contributed by atoms with Crippen molar-refractivity contribution in [2.24, 2.45) is 0 Å². The van der Waals surface area contributed by atoms with E-state index in [9.17, 15) is 18.5 Å². The zero-order valence-corrected chi connectivity index (χ0v) is 12.5. The topological polar surface area (TPSA) is 105 Å². The van der Waals surface area contributed by atoms with Crippen molar-refractivity contribution in [2.75, 3.05) is 38.1 Å². The zero-order chi connectivity index (χ0) is 15.5. The SMILES string of the molecule is CNS(=O)(=O)c1ccc(N2CCCNCC2)c([N+](=O)[O-])c1. The van der Waals surface area contributed by atoms with E-state index in [-0.39, 0.29) is 10.6 Å². The first-order valence-corrected chi connectivity index (χ1v) is 8.11. The molecule has 0 saturated carbocycles. The molecule has 1 heterocycles. The maximum absolute atomic E-state index is 11.8. The quantitative estimate of drug-likeness (QED) is 0.612. The Kier molecular flexibility index (Phi) is 4.76. The van der Waals surface area contributed by atoms with Crippen LogP contribution < -0.4 is 14.9 Å². The Balaban J connectivity index is 2.44. The van der Waals surface area contributed by atoms with E-state index in [2.05, 4.69) is 10.0 Å². The number of benzene rings is 1. The van der Waals surface area contributed by atoms with Crippen LogP contribution in [0.1, 0.15) is 6.42 Å². The molecule has 21 heavy (non-hydrogen) atoms. The molecule has 0 aromatic heterocycles. The largest absolute Gasteiger partial charge is 0.365 e. The van der Waals surface area contributed by atoms with Crippen LogP contribution in [0.25, 0.3) is 0 Å². The molecule has 9 heteroatoms. The van der Waals surface area contributed by atoms with Crippen LogP contribution in [0.3, 0.4) is 0 Å². The molecule has 116 valence electrons. The van der Waals surface area contributed by atoms with Gasteiger partial charge in [-0.25, -0.2) is 13.1 Å². The van der Waals surface area contributed by atoms with Crippen LogP contribution in [0.15, 0.2) is 23.1 Å². The third-order valence-corrected chi connectivity index (χ3v) is 4.82. The number of sulfonamides is 1. The van der Waals surface area contributed by atoms with E-state index in [1.54, 1.807) is 0 Å². The molecule has 1 aliphatic rings. The van der Waals surface area contributed by atoms with Gasteiger partial charge >= 0.3 is 0 Å². The van der Waals surface area contributed by atoms with Gasteiger partial charge in [0.1, 0.15) is 5.69 Å². The molecular formula is C12H18N4O4S. The summed E-state index contributed by atoms with van der Waals surface area (Å²) in [6.45, 7) is 2.97. The Morgan fingerprint density at radius 2 is 2.10 bits per heavy atom. The average Bonchev–Trinajstić information content (AvgIpc) is 2.75. The van der Waals surface area contributed by atoms with Crippen molar-refractivity contribution < 1.29 is 13.3 Å². The van der Waals surface area contributed by atoms with Gasteiger partial charge < -0.3 is 10.2 Å². The average molecular weight is 314 g/mol. The first-order valence-electron chi connectivity index (χ1n) is 6.63. The fourth-order valence-corrected chi connectivity index (χ4v) is 3.04. The number of hydrogen-bond acceptors (Lipinski definition) is 6. The molecule has 1 saturated heterocycles. The molecule has 0 aliphatic carbocycles. The first-order chi connectivity index (χ1) is 9.95. The fourth-order valence-electron chi connectivity index (χ4n) is 2.29. The van der Waals surface area contributed by atoms with Crippen molar-refractivity contribution in [1.29, 1.82) is 0 Å². The molecule has 0 radical (unpaired) electrons. The second kappa shape index (κ2) is 6.37. The van der Waals surface area contributed by atoms with Gasteiger partial charge in [0.15, 0.2) is 0 Å². The normalized spacial score (nSPS) is 16.5. The van der Waals surface area contributed by atoms with Gasteiger partial charge in [0.25, 0.3) is 5.69 Å². The summed E-state index contributed by atoms with van der Waals surface area (Å²) >= 11 is 0. The van der Waals surface area contributed by atoms with Crippen LogP contribution in [0, 0.1) is 10.1 Å². The summed E-state index contributed by atoms with van der Waals surface area (Å²) in [7, 11) is -2.42. The molecular weight excluding hydrogens is 296 g/mol. The molecule has 0 atom stereocenters. The molecule has 1 fully saturated rings. The van der Waals surface area contributed by atoms with Gasteiger partial charge in [-0.2, -0.15) is 0 Å². The molecule has 2 N–H and O–H groups in total. The van der Waals surface area contributed by atoms with Gasteiger partial charge in [-0.3, -0.25) is 10.1 Å². The summed E-state index contributed by atoms with van der Waals surface area (Å²) in [6.07, 6.45) is 0.883. The Labute approximate surface area is 123 Å². The number of nitro benzene ring substituents is 1. The highest BCUT2D eigenvalue weighted by Crippen LogP contribution is 2.31. The van der Waals surface area contributed by atoms with Crippen molar-refractivity contribution in [1.82, 2.24) is 10.0 Å². The zero-order valence-electron chi connectivity index (χ0n) is 11.7. The first kappa shape index (κ1) is 15.7. The summed E-state index contributed by atoms with van der Waals surface area (Å²) in [4.78, 5) is 12.5. The van der Waals surface area contributed by atoms with E-state index < -0.39 is 14.9 Å². The third kappa shape index (κ3) is 3.49. The van der Waals surface area contributed by atoms with Crippen LogP contribution in [0.2, 0.25) is 0 Å². The van der Waals surface area contributed by atoms with Gasteiger partial charge in [0.05, 0.1) is 9.82 Å². The number of anilines is 1. The second-order valence-corrected chi connectivity index (χ2v) is 6.59. The Bertz CT molecular complexity index is 624. The van der Waals surface area contributed by atoms with E-state index >= 15 is 0 Å². The highest BCUT2D eigenvalue weighted by molar-refractivity contribution is 7.89. The van der Waals surface area contributed by atoms with Crippen molar-refractivity contribution >= 4 is 21.4 Å². The van der Waals surface area contributed by atoms with Crippen molar-refractivity contribution in [2.45, 2.75) is 11.3 Å². The van der Waals surface area contributed by atoms with Crippen molar-refractivity contribution in [3.63, 3.8) is 0 Å². The van der Waals surface area contributed by atoms with Gasteiger partial charge in [0, 0.05) is 25.7 Å². The molecule has 8 nitrogen and oxygen atoms in total. The van der Waals surface area contributed by atoms with Crippen molar-refractivity contribution in [3.8, 4) is 0 Å². The maximum Gasteiger partial charge on any atom is 0.293 e. The van der Waals surface area contributed by atoms with E-state index in [1.807, 2.05) is 4.90 Å². The van der Waals surface area contributed by atoms with E-state index in [0.717, 1.165) is 25.6 Å². The summed E-state index contributed by atoms with van der Waals surface area (Å²) in [5.41, 5.74) is 0.270. The summed E-state index contributed by atoms with van der Waals surface area (Å²) in [5.74, 6) is 0. The van der Waals surface area contributed by atoms with E-state index in [4.69, 9.17) is 0 Å². The monoisotopic (exact) mass is 314 g/mol. The maximum atomic E-state index is 11.8. The fraction of sp³-hybridized carbons (Fsp3) is 0.500. The third-order valence-electron chi connectivity index (χ3n) is 3.40. The predicted molar refractivity (Wildman–Crippen MR) is 79.0 cm³/mol. The Hall–Kier alpha value is -1.71. The van der Waals surface area contributed by atoms with Crippen molar-refractivity contribution in [3.05, 3.63) is 28.3 Å². The lowest BCUT2D eigenvalue weighted by molar-refractivity contribution is -0.384. The number of nitrogens with zero attached hydrogens (tertiary/aromatic N) is 2. The Morgan fingerprint density at radius 3 is 2.76 bits per heavy atom. The van der Waals surface area contributed by atoms with Crippen LogP contribution >= 0.6 is 0 Å². The van der Waals surface area contributed by atoms with E-state index in [1.165, 1.54) is 19.2 Å². The van der Waals surface area contributed by atoms with Crippen LogP contribution in [0.5, 0.6) is 0 Å². The minimum atomic E-state index is -3.69. The highest BCUT2D eigenvalue weighted by atomic mass is 32.2. The Morgan fingerprint density at radius 1 is 1.33 bits per heavy atom. The molecule has 0 spiro atoms. The van der Waals surface area contributed by atoms with E-state index in [0.29, 0.717) is 18.8 Å². The lowest BCUT2D eigenvalue weighted by atomic mass is 10.2. The number of nitrogens with one attached hydrogen (secondary N) is 2. The van der Waals surface area contributed by atoms with Crippen LogP contribution in [-0.4, -0.2) is 46.6 Å². The van der Waals surface area contributed by atoms with Gasteiger partial charge in [0.2, 0.25) is 10.0 Å².